The van der Waals surface area contributed by atoms with Crippen LogP contribution in [0.4, 0.5) is 0 Å². The molecule has 1 fully saturated rings. The van der Waals surface area contributed by atoms with Gasteiger partial charge in [0, 0.05) is 21.8 Å². The molecule has 0 amide bonds. The van der Waals surface area contributed by atoms with Crippen molar-refractivity contribution in [2.45, 2.75) is 50.7 Å². The topological polar surface area (TPSA) is 43.1 Å². The molecule has 1 aliphatic carbocycles. The van der Waals surface area contributed by atoms with Crippen molar-refractivity contribution >= 4 is 10.8 Å². The number of rotatable bonds is 6. The Morgan fingerprint density at radius 3 is 2.57 bits per heavy atom. The van der Waals surface area contributed by atoms with Crippen molar-refractivity contribution in [1.82, 2.24) is 0 Å². The third-order valence-corrected chi connectivity index (χ3v) is 6.63. The summed E-state index contributed by atoms with van der Waals surface area (Å²) in [5.41, 5.74) is 7.34. The zero-order valence-corrected chi connectivity index (χ0v) is 14.1. The molecule has 0 bridgehead atoms. The van der Waals surface area contributed by atoms with Crippen LogP contribution in [0, 0.1) is 11.8 Å². The third kappa shape index (κ3) is 4.65. The Morgan fingerprint density at radius 2 is 1.95 bits per heavy atom. The molecule has 21 heavy (non-hydrogen) atoms. The van der Waals surface area contributed by atoms with Gasteiger partial charge in [-0.2, -0.15) is 0 Å². The van der Waals surface area contributed by atoms with E-state index in [1.54, 1.807) is 0 Å². The van der Waals surface area contributed by atoms with Crippen LogP contribution in [-0.4, -0.2) is 21.8 Å². The van der Waals surface area contributed by atoms with E-state index in [9.17, 15) is 4.21 Å². The second-order valence-electron chi connectivity index (χ2n) is 6.72. The molecule has 0 heterocycles. The maximum Gasteiger partial charge on any atom is 0.0394 e. The van der Waals surface area contributed by atoms with Gasteiger partial charge in [-0.25, -0.2) is 0 Å². The number of nitrogens with two attached hydrogens (primary N) is 1. The summed E-state index contributed by atoms with van der Waals surface area (Å²) in [4.78, 5) is 0. The van der Waals surface area contributed by atoms with E-state index in [-0.39, 0.29) is 5.25 Å². The molecule has 1 saturated carbocycles. The minimum atomic E-state index is -0.731. The van der Waals surface area contributed by atoms with Gasteiger partial charge in [0.05, 0.1) is 0 Å². The first kappa shape index (κ1) is 16.7. The lowest BCUT2D eigenvalue weighted by molar-refractivity contribution is 0.338. The molecule has 4 atom stereocenters. The van der Waals surface area contributed by atoms with Crippen molar-refractivity contribution in [1.29, 1.82) is 0 Å². The van der Waals surface area contributed by atoms with E-state index in [2.05, 4.69) is 44.2 Å². The van der Waals surface area contributed by atoms with Gasteiger partial charge in [0.1, 0.15) is 0 Å². The fourth-order valence-electron chi connectivity index (χ4n) is 3.31. The summed E-state index contributed by atoms with van der Waals surface area (Å²) in [5.74, 6) is 2.46. The highest BCUT2D eigenvalue weighted by molar-refractivity contribution is 7.85. The predicted molar refractivity (Wildman–Crippen MR) is 91.8 cm³/mol. The van der Waals surface area contributed by atoms with Crippen LogP contribution in [0.25, 0.3) is 0 Å². The highest BCUT2D eigenvalue weighted by atomic mass is 32.2. The minimum absolute atomic E-state index is 0.285. The van der Waals surface area contributed by atoms with Crippen LogP contribution in [0.1, 0.15) is 51.0 Å². The normalized spacial score (nSPS) is 27.7. The molecule has 1 aromatic rings. The van der Waals surface area contributed by atoms with Crippen LogP contribution in [0.15, 0.2) is 30.3 Å². The fraction of sp³-hybridized carbons (Fsp3) is 0.667. The smallest absolute Gasteiger partial charge is 0.0394 e. The van der Waals surface area contributed by atoms with Gasteiger partial charge in [0.25, 0.3) is 0 Å². The van der Waals surface area contributed by atoms with Gasteiger partial charge >= 0.3 is 0 Å². The van der Waals surface area contributed by atoms with Crippen LogP contribution in [-0.2, 0) is 10.8 Å². The molecular weight excluding hydrogens is 278 g/mol. The van der Waals surface area contributed by atoms with Crippen molar-refractivity contribution in [3.63, 3.8) is 0 Å². The fourth-order valence-corrected chi connectivity index (χ4v) is 5.44. The Balaban J connectivity index is 2.03. The van der Waals surface area contributed by atoms with Crippen LogP contribution < -0.4 is 5.73 Å². The Labute approximate surface area is 132 Å². The van der Waals surface area contributed by atoms with Crippen LogP contribution in [0.2, 0.25) is 0 Å². The van der Waals surface area contributed by atoms with Gasteiger partial charge in [0.2, 0.25) is 0 Å². The van der Waals surface area contributed by atoms with Crippen molar-refractivity contribution in [2.24, 2.45) is 17.6 Å². The third-order valence-electron chi connectivity index (χ3n) is 4.74. The van der Waals surface area contributed by atoms with Crippen molar-refractivity contribution in [2.75, 3.05) is 12.3 Å². The average Bonchev–Trinajstić information content (AvgIpc) is 2.52. The lowest BCUT2D eigenvalue weighted by atomic mass is 9.78. The summed E-state index contributed by atoms with van der Waals surface area (Å²) in [5, 5.41) is 0.285. The molecule has 2 nitrogen and oxygen atoms in total. The van der Waals surface area contributed by atoms with Gasteiger partial charge in [-0.1, -0.05) is 44.2 Å². The Hall–Kier alpha value is -0.670. The van der Waals surface area contributed by atoms with Crippen LogP contribution in [0.3, 0.4) is 0 Å². The zero-order valence-electron chi connectivity index (χ0n) is 13.3. The first-order valence-electron chi connectivity index (χ1n) is 8.24. The SMILES string of the molecule is CC(C)CCS(=O)C1CC(c2ccccc2)CCC1CN. The first-order chi connectivity index (χ1) is 10.1. The molecule has 1 aliphatic rings. The van der Waals surface area contributed by atoms with E-state index in [0.717, 1.165) is 25.0 Å². The molecule has 2 rings (SSSR count). The van der Waals surface area contributed by atoms with Gasteiger partial charge in [-0.15, -0.1) is 0 Å². The molecule has 118 valence electrons. The van der Waals surface area contributed by atoms with E-state index >= 15 is 0 Å². The summed E-state index contributed by atoms with van der Waals surface area (Å²) in [7, 11) is -0.731. The van der Waals surface area contributed by atoms with Gasteiger partial charge in [0.15, 0.2) is 0 Å². The quantitative estimate of drug-likeness (QED) is 0.871. The molecule has 0 aromatic heterocycles. The summed E-state index contributed by atoms with van der Waals surface area (Å²) >= 11 is 0. The molecular formula is C18H29NOS. The number of benzene rings is 1. The second kappa shape index (κ2) is 8.09. The largest absolute Gasteiger partial charge is 0.330 e. The van der Waals surface area contributed by atoms with E-state index in [4.69, 9.17) is 5.73 Å². The number of hydrogen-bond acceptors (Lipinski definition) is 2. The summed E-state index contributed by atoms with van der Waals surface area (Å²) in [6, 6.07) is 10.7. The van der Waals surface area contributed by atoms with Crippen LogP contribution >= 0.6 is 0 Å². The summed E-state index contributed by atoms with van der Waals surface area (Å²) in [6.45, 7) is 5.08. The van der Waals surface area contributed by atoms with Gasteiger partial charge < -0.3 is 5.73 Å². The molecule has 3 heteroatoms. The molecule has 0 spiro atoms. The van der Waals surface area contributed by atoms with Crippen molar-refractivity contribution in [3.05, 3.63) is 35.9 Å². The minimum Gasteiger partial charge on any atom is -0.330 e. The maximum absolute atomic E-state index is 12.7. The Bertz CT molecular complexity index is 446. The molecule has 0 saturated heterocycles. The molecule has 1 aromatic carbocycles. The lowest BCUT2D eigenvalue weighted by Crippen LogP contribution is -2.37. The van der Waals surface area contributed by atoms with E-state index in [0.29, 0.717) is 24.3 Å². The monoisotopic (exact) mass is 307 g/mol. The Morgan fingerprint density at radius 1 is 1.24 bits per heavy atom. The van der Waals surface area contributed by atoms with Crippen molar-refractivity contribution < 1.29 is 4.21 Å². The lowest BCUT2D eigenvalue weighted by Gasteiger charge is -2.35. The summed E-state index contributed by atoms with van der Waals surface area (Å²) in [6.07, 6.45) is 4.39. The second-order valence-corrected chi connectivity index (χ2v) is 8.50. The predicted octanol–water partition coefficient (Wildman–Crippen LogP) is 3.69. The highest BCUT2D eigenvalue weighted by Crippen LogP contribution is 2.38. The molecule has 2 N–H and O–H groups in total. The van der Waals surface area contributed by atoms with E-state index in [1.807, 2.05) is 0 Å². The molecule has 0 radical (unpaired) electrons. The maximum atomic E-state index is 12.7. The van der Waals surface area contributed by atoms with Crippen LogP contribution in [0.5, 0.6) is 0 Å². The summed E-state index contributed by atoms with van der Waals surface area (Å²) < 4.78 is 12.7. The first-order valence-corrected chi connectivity index (χ1v) is 9.62. The number of hydrogen-bond donors (Lipinski definition) is 1. The van der Waals surface area contributed by atoms with Gasteiger partial charge in [-0.3, -0.25) is 4.21 Å². The van der Waals surface area contributed by atoms with Crippen molar-refractivity contribution in [3.8, 4) is 0 Å². The standard InChI is InChI=1S/C18H29NOS/c1-14(2)10-11-21(20)18-12-16(8-9-17(18)13-19)15-6-4-3-5-7-15/h3-7,14,16-18H,8-13,19H2,1-2H3. The average molecular weight is 308 g/mol. The highest BCUT2D eigenvalue weighted by Gasteiger charge is 2.33. The molecule has 4 unspecified atom stereocenters. The zero-order chi connectivity index (χ0) is 15.2. The Kier molecular flexibility index (Phi) is 6.43. The van der Waals surface area contributed by atoms with Gasteiger partial charge in [-0.05, 0) is 55.5 Å². The molecule has 0 aliphatic heterocycles. The van der Waals surface area contributed by atoms with E-state index in [1.165, 1.54) is 12.0 Å². The van der Waals surface area contributed by atoms with E-state index < -0.39 is 10.8 Å².